The first-order valence-electron chi connectivity index (χ1n) is 10.5. The molecule has 23 heteroatoms. The standard InChI is InChI=1S/C15H28Cl3F11O4Si5/c1-34(2,30-35(3,4)31-36(5,6)32-37(7,8)33-38(16,17)18)10-9-11(19,20)12(21,22)13(23,24)14(25,26)15(27,28)29/h9-10H2,1-8H3. The van der Waals surface area contributed by atoms with Gasteiger partial charge >= 0.3 is 61.8 Å². The minimum atomic E-state index is -7.44. The van der Waals surface area contributed by atoms with Crippen molar-refractivity contribution in [3.8, 4) is 0 Å². The molecule has 0 radical (unpaired) electrons. The zero-order chi connectivity index (χ0) is 31.2. The second kappa shape index (κ2) is 11.6. The van der Waals surface area contributed by atoms with E-state index in [1.165, 1.54) is 26.2 Å². The normalized spacial score (nSPS) is 16.3. The van der Waals surface area contributed by atoms with E-state index in [1.807, 2.05) is 0 Å². The van der Waals surface area contributed by atoms with Crippen molar-refractivity contribution in [1.82, 2.24) is 0 Å². The molecular formula is C15H28Cl3F11O4Si5. The van der Waals surface area contributed by atoms with Crippen LogP contribution in [0.1, 0.15) is 6.42 Å². The highest BCUT2D eigenvalue weighted by Gasteiger charge is 2.86. The van der Waals surface area contributed by atoms with Crippen molar-refractivity contribution in [2.24, 2.45) is 0 Å². The average Bonchev–Trinajstić information content (AvgIpc) is 2.52. The van der Waals surface area contributed by atoms with Crippen LogP contribution in [0.2, 0.25) is 58.4 Å². The highest BCUT2D eigenvalue weighted by Crippen LogP contribution is 2.58. The average molecular weight is 728 g/mol. The number of alkyl halides is 11. The molecule has 0 amide bonds. The summed E-state index contributed by atoms with van der Waals surface area (Å²) in [4.78, 5) is 0. The lowest BCUT2D eigenvalue weighted by Crippen LogP contribution is -2.66. The first kappa shape index (κ1) is 39.0. The van der Waals surface area contributed by atoms with Crippen molar-refractivity contribution >= 4 is 73.5 Å². The molecule has 0 atom stereocenters. The predicted molar refractivity (Wildman–Crippen MR) is 133 cm³/mol. The van der Waals surface area contributed by atoms with Crippen LogP contribution in [-0.2, 0) is 16.5 Å². The molecule has 0 aliphatic heterocycles. The molecule has 0 saturated carbocycles. The molecule has 0 aliphatic carbocycles. The van der Waals surface area contributed by atoms with Crippen molar-refractivity contribution in [2.45, 2.75) is 94.7 Å². The van der Waals surface area contributed by atoms with Gasteiger partial charge in [0.2, 0.25) is 0 Å². The Balaban J connectivity index is 5.63. The summed E-state index contributed by atoms with van der Waals surface area (Å²) in [5.74, 6) is -27.9. The Bertz CT molecular complexity index is 825. The molecule has 0 fully saturated rings. The van der Waals surface area contributed by atoms with Crippen LogP contribution in [-0.4, -0.2) is 70.1 Å². The van der Waals surface area contributed by atoms with Gasteiger partial charge in [-0.1, -0.05) is 33.2 Å². The Morgan fingerprint density at radius 3 is 1.18 bits per heavy atom. The molecule has 0 unspecified atom stereocenters. The highest BCUT2D eigenvalue weighted by molar-refractivity contribution is 7.62. The monoisotopic (exact) mass is 726 g/mol. The van der Waals surface area contributed by atoms with Gasteiger partial charge in [0, 0.05) is 6.42 Å². The molecule has 0 saturated heterocycles. The summed E-state index contributed by atoms with van der Waals surface area (Å²) in [5.41, 5.74) is 0. The van der Waals surface area contributed by atoms with E-state index in [0.29, 0.717) is 0 Å². The second-order valence-electron chi connectivity index (χ2n) is 10.2. The quantitative estimate of drug-likeness (QED) is 0.102. The molecule has 0 aromatic carbocycles. The topological polar surface area (TPSA) is 36.9 Å². The Morgan fingerprint density at radius 2 is 0.842 bits per heavy atom. The van der Waals surface area contributed by atoms with Gasteiger partial charge in [-0.2, -0.15) is 48.3 Å². The summed E-state index contributed by atoms with van der Waals surface area (Å²) < 4.78 is 169. The number of halogens is 14. The molecule has 0 N–H and O–H groups in total. The predicted octanol–water partition coefficient (Wildman–Crippen LogP) is 9.01. The summed E-state index contributed by atoms with van der Waals surface area (Å²) >= 11 is 17.3. The van der Waals surface area contributed by atoms with Gasteiger partial charge in [-0.05, 0) is 58.4 Å². The Hall–Kier alpha value is 1.02. The lowest BCUT2D eigenvalue weighted by molar-refractivity contribution is -0.422. The van der Waals surface area contributed by atoms with Crippen molar-refractivity contribution in [2.75, 3.05) is 0 Å². The third-order valence-electron chi connectivity index (χ3n) is 4.51. The Morgan fingerprint density at radius 1 is 0.500 bits per heavy atom. The number of hydrogen-bond donors (Lipinski definition) is 0. The fourth-order valence-corrected chi connectivity index (χ4v) is 28.5. The summed E-state index contributed by atoms with van der Waals surface area (Å²) in [7, 11) is -13.0. The largest absolute Gasteiger partial charge is 0.485 e. The third-order valence-corrected chi connectivity index (χ3v) is 23.0. The molecule has 0 heterocycles. The van der Waals surface area contributed by atoms with E-state index in [9.17, 15) is 48.3 Å². The molecule has 0 rings (SSSR count). The zero-order valence-electron chi connectivity index (χ0n) is 21.3. The minimum absolute atomic E-state index is 1.02. The van der Waals surface area contributed by atoms with E-state index in [2.05, 4.69) is 0 Å². The van der Waals surface area contributed by atoms with E-state index in [4.69, 9.17) is 49.7 Å². The smallest absolute Gasteiger partial charge is 0.436 e. The summed E-state index contributed by atoms with van der Waals surface area (Å²) in [6, 6.07) is -1.02. The Labute approximate surface area is 232 Å². The molecule has 38 heavy (non-hydrogen) atoms. The Kier molecular flexibility index (Phi) is 11.9. The van der Waals surface area contributed by atoms with Crippen LogP contribution in [0.3, 0.4) is 0 Å². The van der Waals surface area contributed by atoms with Gasteiger partial charge in [-0.25, -0.2) is 0 Å². The molecule has 0 aromatic heterocycles. The molecule has 0 aliphatic rings. The van der Waals surface area contributed by atoms with Gasteiger partial charge in [-0.3, -0.25) is 0 Å². The van der Waals surface area contributed by atoms with E-state index < -0.39 is 82.6 Å². The zero-order valence-corrected chi connectivity index (χ0v) is 28.6. The second-order valence-corrected chi connectivity index (χ2v) is 33.3. The summed E-state index contributed by atoms with van der Waals surface area (Å²) in [6.45, 7) is 11.6. The van der Waals surface area contributed by atoms with E-state index in [0.717, 1.165) is 0 Å². The first-order chi connectivity index (χ1) is 16.0. The maximum Gasteiger partial charge on any atom is 0.485 e. The maximum absolute atomic E-state index is 14.1. The minimum Gasteiger partial charge on any atom is -0.436 e. The molecule has 230 valence electrons. The van der Waals surface area contributed by atoms with Gasteiger partial charge in [0.1, 0.15) is 0 Å². The van der Waals surface area contributed by atoms with Crippen LogP contribution in [0.25, 0.3) is 0 Å². The fourth-order valence-electron chi connectivity index (χ4n) is 3.46. The van der Waals surface area contributed by atoms with Gasteiger partial charge in [0.05, 0.1) is 0 Å². The van der Waals surface area contributed by atoms with Crippen LogP contribution < -0.4 is 0 Å². The van der Waals surface area contributed by atoms with Crippen LogP contribution in [0.5, 0.6) is 0 Å². The summed E-state index contributed by atoms with van der Waals surface area (Å²) in [6.07, 6.45) is -12.9. The van der Waals surface area contributed by atoms with Gasteiger partial charge in [0.25, 0.3) is 0 Å². The molecule has 0 bridgehead atoms. The third kappa shape index (κ3) is 10.4. The van der Waals surface area contributed by atoms with E-state index in [1.54, 1.807) is 26.2 Å². The van der Waals surface area contributed by atoms with Crippen molar-refractivity contribution in [3.63, 3.8) is 0 Å². The van der Waals surface area contributed by atoms with Gasteiger partial charge in [0.15, 0.2) is 8.32 Å². The van der Waals surface area contributed by atoms with Crippen LogP contribution >= 0.6 is 33.2 Å². The SMILES string of the molecule is C[Si](C)(CCC(F)(F)C(F)(F)C(F)(F)C(F)(F)C(F)(F)F)O[Si](C)(C)O[Si](C)(C)O[Si](C)(C)O[Si](Cl)(Cl)Cl. The van der Waals surface area contributed by atoms with Crippen molar-refractivity contribution in [1.29, 1.82) is 0 Å². The van der Waals surface area contributed by atoms with Crippen molar-refractivity contribution < 1.29 is 64.8 Å². The van der Waals surface area contributed by atoms with E-state index in [-0.39, 0.29) is 0 Å². The molecule has 4 nitrogen and oxygen atoms in total. The number of rotatable bonds is 14. The van der Waals surface area contributed by atoms with Crippen LogP contribution in [0, 0.1) is 0 Å². The lowest BCUT2D eigenvalue weighted by atomic mass is 9.96. The van der Waals surface area contributed by atoms with Crippen LogP contribution in [0.15, 0.2) is 0 Å². The molecule has 0 aromatic rings. The van der Waals surface area contributed by atoms with Crippen molar-refractivity contribution in [3.05, 3.63) is 0 Å². The van der Waals surface area contributed by atoms with Crippen LogP contribution in [0.4, 0.5) is 48.3 Å². The van der Waals surface area contributed by atoms with E-state index >= 15 is 0 Å². The summed E-state index contributed by atoms with van der Waals surface area (Å²) in [5, 5.41) is 0. The fraction of sp³-hybridized carbons (Fsp3) is 1.00. The first-order valence-corrected chi connectivity index (χ1v) is 27.0. The van der Waals surface area contributed by atoms with Gasteiger partial charge < -0.3 is 16.5 Å². The lowest BCUT2D eigenvalue weighted by Gasteiger charge is -2.41. The highest BCUT2D eigenvalue weighted by atomic mass is 35.8. The molecule has 0 spiro atoms. The number of hydrogen-bond acceptors (Lipinski definition) is 4. The maximum atomic E-state index is 14.1. The van der Waals surface area contributed by atoms with Gasteiger partial charge in [-0.15, -0.1) is 0 Å². The molecular weight excluding hydrogens is 700 g/mol.